The van der Waals surface area contributed by atoms with E-state index in [1.54, 1.807) is 30.5 Å². The van der Waals surface area contributed by atoms with Crippen LogP contribution in [0.15, 0.2) is 72.9 Å². The zero-order valence-electron chi connectivity index (χ0n) is 12.4. The fourth-order valence-corrected chi connectivity index (χ4v) is 2.23. The van der Waals surface area contributed by atoms with Crippen LogP contribution in [0.1, 0.15) is 20.8 Å². The van der Waals surface area contributed by atoms with Crippen molar-refractivity contribution in [2.24, 2.45) is 0 Å². The predicted molar refractivity (Wildman–Crippen MR) is 87.3 cm³/mol. The quantitative estimate of drug-likeness (QED) is 0.577. The Morgan fingerprint density at radius 2 is 1.52 bits per heavy atom. The molecule has 0 unspecified atom stereocenters. The van der Waals surface area contributed by atoms with Gasteiger partial charge in [0.25, 0.3) is 0 Å². The maximum absolute atomic E-state index is 12.0. The molecule has 0 radical (unpaired) electrons. The summed E-state index contributed by atoms with van der Waals surface area (Å²) in [6.07, 6.45) is 1.65. The van der Waals surface area contributed by atoms with Gasteiger partial charge in [0.05, 0.1) is 11.3 Å². The van der Waals surface area contributed by atoms with Crippen LogP contribution in [0.4, 0.5) is 0 Å². The van der Waals surface area contributed by atoms with Crippen LogP contribution >= 0.6 is 0 Å². The second-order valence-electron chi connectivity index (χ2n) is 5.03. The van der Waals surface area contributed by atoms with Crippen molar-refractivity contribution in [1.82, 2.24) is 4.98 Å². The largest absolute Gasteiger partial charge is 0.454 e. The molecule has 0 aliphatic heterocycles. The monoisotopic (exact) mass is 305 g/mol. The summed E-state index contributed by atoms with van der Waals surface area (Å²) in [5, 5.41) is 0. The number of ketones is 1. The number of hydrogen-bond acceptors (Lipinski definition) is 3. The number of carbonyl (C=O) groups excluding carboxylic acids is 2. The maximum atomic E-state index is 12.0. The van der Waals surface area contributed by atoms with Crippen LogP contribution in [0.25, 0.3) is 11.1 Å². The average molecular weight is 305 g/mol. The van der Waals surface area contributed by atoms with E-state index in [1.807, 2.05) is 42.5 Å². The fraction of sp³-hybridized carbons (Fsp3) is 0.0526. The number of carbonyl (C=O) groups is 2. The number of H-pyrrole nitrogens is 1. The highest BCUT2D eigenvalue weighted by atomic mass is 16.5. The number of aromatic nitrogens is 1. The smallest absolute Gasteiger partial charge is 0.338 e. The minimum absolute atomic E-state index is 0.260. The first-order valence-corrected chi connectivity index (χ1v) is 7.23. The molecule has 0 aliphatic carbocycles. The first-order valence-electron chi connectivity index (χ1n) is 7.23. The molecule has 1 aromatic heterocycles. The summed E-state index contributed by atoms with van der Waals surface area (Å²) in [6.45, 7) is -0.278. The number of Topliss-reactive ketones (excluding diaryl/α,β-unsaturated/α-hetero) is 1. The number of nitrogens with one attached hydrogen (secondary N) is 1. The van der Waals surface area contributed by atoms with Crippen LogP contribution < -0.4 is 0 Å². The van der Waals surface area contributed by atoms with Crippen molar-refractivity contribution in [2.45, 2.75) is 0 Å². The van der Waals surface area contributed by atoms with Gasteiger partial charge in [-0.1, -0.05) is 42.5 Å². The molecule has 1 N–H and O–H groups in total. The zero-order chi connectivity index (χ0) is 16.1. The molecule has 0 aliphatic rings. The summed E-state index contributed by atoms with van der Waals surface area (Å²) in [5.41, 5.74) is 2.94. The lowest BCUT2D eigenvalue weighted by Gasteiger charge is -2.05. The van der Waals surface area contributed by atoms with Crippen LogP contribution in [-0.4, -0.2) is 23.3 Å². The van der Waals surface area contributed by atoms with Gasteiger partial charge in [-0.3, -0.25) is 4.79 Å². The van der Waals surface area contributed by atoms with Gasteiger partial charge in [-0.25, -0.2) is 4.79 Å². The highest BCUT2D eigenvalue weighted by Crippen LogP contribution is 2.19. The second kappa shape index (κ2) is 6.75. The predicted octanol–water partition coefficient (Wildman–Crippen LogP) is 3.72. The Bertz CT molecular complexity index is 790. The van der Waals surface area contributed by atoms with Gasteiger partial charge in [-0.2, -0.15) is 0 Å². The standard InChI is InChI=1S/C19H15NO3/c21-18(17-7-4-12-20-17)13-23-19(22)16-10-8-15(9-11-16)14-5-2-1-3-6-14/h1-12,20H,13H2. The minimum Gasteiger partial charge on any atom is -0.454 e. The number of esters is 1. The van der Waals surface area contributed by atoms with E-state index in [9.17, 15) is 9.59 Å². The minimum atomic E-state index is -0.510. The van der Waals surface area contributed by atoms with Gasteiger partial charge in [0.15, 0.2) is 6.61 Å². The molecule has 114 valence electrons. The van der Waals surface area contributed by atoms with Crippen molar-refractivity contribution >= 4 is 11.8 Å². The molecule has 3 aromatic rings. The van der Waals surface area contributed by atoms with Crippen LogP contribution in [0.3, 0.4) is 0 Å². The Kier molecular flexibility index (Phi) is 4.34. The van der Waals surface area contributed by atoms with Crippen molar-refractivity contribution in [1.29, 1.82) is 0 Å². The van der Waals surface area contributed by atoms with Gasteiger partial charge >= 0.3 is 5.97 Å². The molecule has 0 bridgehead atoms. The van der Waals surface area contributed by atoms with Gasteiger partial charge < -0.3 is 9.72 Å². The molecule has 0 amide bonds. The second-order valence-corrected chi connectivity index (χ2v) is 5.03. The third kappa shape index (κ3) is 3.55. The Hall–Kier alpha value is -3.14. The Morgan fingerprint density at radius 1 is 0.826 bits per heavy atom. The van der Waals surface area contributed by atoms with E-state index in [1.165, 1.54) is 0 Å². The van der Waals surface area contributed by atoms with Crippen molar-refractivity contribution < 1.29 is 14.3 Å². The molecular formula is C19H15NO3. The molecule has 0 fully saturated rings. The lowest BCUT2D eigenvalue weighted by molar-refractivity contribution is 0.0473. The Morgan fingerprint density at radius 3 is 2.17 bits per heavy atom. The van der Waals surface area contributed by atoms with Crippen LogP contribution in [-0.2, 0) is 4.74 Å². The highest BCUT2D eigenvalue weighted by molar-refractivity contribution is 5.98. The Balaban J connectivity index is 1.63. The van der Waals surface area contributed by atoms with Crippen LogP contribution in [0, 0.1) is 0 Å². The molecule has 0 saturated carbocycles. The van der Waals surface area contributed by atoms with E-state index in [-0.39, 0.29) is 12.4 Å². The zero-order valence-corrected chi connectivity index (χ0v) is 12.4. The molecule has 4 heteroatoms. The van der Waals surface area contributed by atoms with Crippen LogP contribution in [0.5, 0.6) is 0 Å². The molecular weight excluding hydrogens is 290 g/mol. The number of benzene rings is 2. The first kappa shape index (κ1) is 14.8. The lowest BCUT2D eigenvalue weighted by Crippen LogP contribution is -2.14. The number of aromatic amines is 1. The van der Waals surface area contributed by atoms with Gasteiger partial charge in [-0.05, 0) is 35.4 Å². The van der Waals surface area contributed by atoms with Crippen LogP contribution in [0.2, 0.25) is 0 Å². The summed E-state index contributed by atoms with van der Waals surface area (Å²) in [5.74, 6) is -0.770. The fourth-order valence-electron chi connectivity index (χ4n) is 2.23. The maximum Gasteiger partial charge on any atom is 0.338 e. The van der Waals surface area contributed by atoms with Crippen molar-refractivity contribution in [2.75, 3.05) is 6.61 Å². The van der Waals surface area contributed by atoms with E-state index in [0.29, 0.717) is 11.3 Å². The van der Waals surface area contributed by atoms with E-state index >= 15 is 0 Å². The van der Waals surface area contributed by atoms with Gasteiger partial charge in [0.2, 0.25) is 5.78 Å². The topological polar surface area (TPSA) is 59.2 Å². The molecule has 2 aromatic carbocycles. The summed E-state index contributed by atoms with van der Waals surface area (Å²) >= 11 is 0. The van der Waals surface area contributed by atoms with E-state index in [4.69, 9.17) is 4.74 Å². The summed E-state index contributed by atoms with van der Waals surface area (Å²) < 4.78 is 5.05. The summed E-state index contributed by atoms with van der Waals surface area (Å²) in [6, 6.07) is 20.4. The Labute approximate surface area is 133 Å². The summed E-state index contributed by atoms with van der Waals surface area (Å²) in [7, 11) is 0. The molecule has 0 saturated heterocycles. The van der Waals surface area contributed by atoms with Crippen molar-refractivity contribution in [3.05, 3.63) is 84.2 Å². The van der Waals surface area contributed by atoms with E-state index in [2.05, 4.69) is 4.98 Å². The normalized spacial score (nSPS) is 10.3. The van der Waals surface area contributed by atoms with Gasteiger partial charge in [0, 0.05) is 6.20 Å². The molecule has 4 nitrogen and oxygen atoms in total. The first-order chi connectivity index (χ1) is 11.2. The third-order valence-electron chi connectivity index (χ3n) is 3.46. The van der Waals surface area contributed by atoms with E-state index in [0.717, 1.165) is 11.1 Å². The summed E-state index contributed by atoms with van der Waals surface area (Å²) in [4.78, 5) is 26.5. The highest BCUT2D eigenvalue weighted by Gasteiger charge is 2.12. The van der Waals surface area contributed by atoms with Gasteiger partial charge in [0.1, 0.15) is 0 Å². The third-order valence-corrected chi connectivity index (χ3v) is 3.46. The molecule has 3 rings (SSSR count). The number of hydrogen-bond donors (Lipinski definition) is 1. The van der Waals surface area contributed by atoms with E-state index < -0.39 is 5.97 Å². The average Bonchev–Trinajstić information content (AvgIpc) is 3.15. The van der Waals surface area contributed by atoms with Gasteiger partial charge in [-0.15, -0.1) is 0 Å². The SMILES string of the molecule is O=C(OCC(=O)c1ccc[nH]1)c1ccc(-c2ccccc2)cc1. The lowest BCUT2D eigenvalue weighted by atomic mass is 10.0. The molecule has 23 heavy (non-hydrogen) atoms. The van der Waals surface area contributed by atoms with Crippen molar-refractivity contribution in [3.8, 4) is 11.1 Å². The van der Waals surface area contributed by atoms with Crippen molar-refractivity contribution in [3.63, 3.8) is 0 Å². The molecule has 0 spiro atoms. The number of ether oxygens (including phenoxy) is 1. The molecule has 1 heterocycles. The molecule has 0 atom stereocenters. The number of rotatable bonds is 5.